The Labute approximate surface area is 90.7 Å². The zero-order chi connectivity index (χ0) is 11.0. The van der Waals surface area contributed by atoms with Crippen LogP contribution in [-0.2, 0) is 0 Å². The first kappa shape index (κ1) is 14.0. The first-order valence-electron chi connectivity index (χ1n) is 6.32. The van der Waals surface area contributed by atoms with E-state index in [-0.39, 0.29) is 0 Å². The van der Waals surface area contributed by atoms with Crippen LogP contribution in [-0.4, -0.2) is 13.1 Å². The second kappa shape index (κ2) is 8.28. The van der Waals surface area contributed by atoms with Crippen molar-refractivity contribution in [1.29, 1.82) is 0 Å². The Balaban J connectivity index is 3.67. The Morgan fingerprint density at radius 1 is 1.07 bits per heavy atom. The Bertz CT molecular complexity index is 120. The predicted molar refractivity (Wildman–Crippen MR) is 65.6 cm³/mol. The molecule has 0 aromatic carbocycles. The third-order valence-electron chi connectivity index (χ3n) is 3.28. The number of nitrogens with one attached hydrogen (secondary N) is 1. The summed E-state index contributed by atoms with van der Waals surface area (Å²) in [5, 5.41) is 3.53. The minimum absolute atomic E-state index is 0.829. The van der Waals surface area contributed by atoms with Crippen LogP contribution in [0.15, 0.2) is 0 Å². The summed E-state index contributed by atoms with van der Waals surface area (Å²) in [6.45, 7) is 14.0. The summed E-state index contributed by atoms with van der Waals surface area (Å²) in [7, 11) is 0. The quantitative estimate of drug-likeness (QED) is 0.588. The van der Waals surface area contributed by atoms with Gasteiger partial charge in [-0.05, 0) is 43.7 Å². The summed E-state index contributed by atoms with van der Waals surface area (Å²) in [5.41, 5.74) is 0. The molecule has 14 heavy (non-hydrogen) atoms. The lowest BCUT2D eigenvalue weighted by atomic mass is 9.86. The Morgan fingerprint density at radius 3 is 2.14 bits per heavy atom. The van der Waals surface area contributed by atoms with E-state index in [1.165, 1.54) is 32.4 Å². The highest BCUT2D eigenvalue weighted by Gasteiger charge is 2.13. The summed E-state index contributed by atoms with van der Waals surface area (Å²) in [5.74, 6) is 2.57. The maximum absolute atomic E-state index is 3.53. The largest absolute Gasteiger partial charge is 0.316 e. The van der Waals surface area contributed by atoms with Crippen LogP contribution < -0.4 is 5.32 Å². The van der Waals surface area contributed by atoms with E-state index in [2.05, 4.69) is 39.9 Å². The fourth-order valence-corrected chi connectivity index (χ4v) is 1.68. The van der Waals surface area contributed by atoms with Gasteiger partial charge in [0.1, 0.15) is 0 Å². The van der Waals surface area contributed by atoms with Crippen molar-refractivity contribution in [3.05, 3.63) is 0 Å². The van der Waals surface area contributed by atoms with Crippen molar-refractivity contribution in [1.82, 2.24) is 5.32 Å². The molecule has 0 bridgehead atoms. The van der Waals surface area contributed by atoms with Crippen LogP contribution in [0.25, 0.3) is 0 Å². The van der Waals surface area contributed by atoms with E-state index in [0.29, 0.717) is 0 Å². The maximum Gasteiger partial charge on any atom is -0.00205 e. The standard InChI is InChI=1S/C13H29N/c1-6-8-14-10-13(7-2)9-12(5)11(3)4/h11-14H,6-10H2,1-5H3. The molecule has 0 fully saturated rings. The molecule has 0 aromatic heterocycles. The minimum atomic E-state index is 0.829. The second-order valence-electron chi connectivity index (χ2n) is 4.94. The van der Waals surface area contributed by atoms with Gasteiger partial charge in [-0.25, -0.2) is 0 Å². The molecule has 2 unspecified atom stereocenters. The predicted octanol–water partition coefficient (Wildman–Crippen LogP) is 3.69. The number of rotatable bonds is 8. The Kier molecular flexibility index (Phi) is 8.26. The lowest BCUT2D eigenvalue weighted by Gasteiger charge is -2.22. The zero-order valence-electron chi connectivity index (χ0n) is 10.8. The average molecular weight is 199 g/mol. The van der Waals surface area contributed by atoms with Gasteiger partial charge in [0.15, 0.2) is 0 Å². The van der Waals surface area contributed by atoms with Crippen molar-refractivity contribution in [2.24, 2.45) is 17.8 Å². The summed E-state index contributed by atoms with van der Waals surface area (Å²) in [6.07, 6.45) is 3.94. The SMILES string of the molecule is CCCNCC(CC)CC(C)C(C)C. The molecule has 0 amide bonds. The van der Waals surface area contributed by atoms with Crippen LogP contribution in [0.1, 0.15) is 53.9 Å². The van der Waals surface area contributed by atoms with Crippen LogP contribution in [0.2, 0.25) is 0 Å². The monoisotopic (exact) mass is 199 g/mol. The van der Waals surface area contributed by atoms with Gasteiger partial charge in [-0.2, -0.15) is 0 Å². The summed E-state index contributed by atoms with van der Waals surface area (Å²) in [4.78, 5) is 0. The third-order valence-corrected chi connectivity index (χ3v) is 3.28. The Hall–Kier alpha value is -0.0400. The molecule has 2 atom stereocenters. The molecular weight excluding hydrogens is 170 g/mol. The summed E-state index contributed by atoms with van der Waals surface area (Å²) >= 11 is 0. The normalized spacial score (nSPS) is 15.9. The van der Waals surface area contributed by atoms with Gasteiger partial charge in [0.2, 0.25) is 0 Å². The van der Waals surface area contributed by atoms with Crippen LogP contribution in [0.4, 0.5) is 0 Å². The number of hydrogen-bond donors (Lipinski definition) is 1. The highest BCUT2D eigenvalue weighted by atomic mass is 14.8. The molecule has 0 aliphatic heterocycles. The van der Waals surface area contributed by atoms with Gasteiger partial charge in [-0.1, -0.05) is 41.0 Å². The van der Waals surface area contributed by atoms with Crippen molar-refractivity contribution in [3.8, 4) is 0 Å². The van der Waals surface area contributed by atoms with Crippen LogP contribution in [0.3, 0.4) is 0 Å². The highest BCUT2D eigenvalue weighted by Crippen LogP contribution is 2.21. The first-order chi connectivity index (χ1) is 6.61. The van der Waals surface area contributed by atoms with Gasteiger partial charge in [0.25, 0.3) is 0 Å². The van der Waals surface area contributed by atoms with Gasteiger partial charge in [0, 0.05) is 0 Å². The zero-order valence-corrected chi connectivity index (χ0v) is 10.8. The van der Waals surface area contributed by atoms with E-state index in [4.69, 9.17) is 0 Å². The van der Waals surface area contributed by atoms with Crippen LogP contribution >= 0.6 is 0 Å². The molecule has 0 spiro atoms. The third kappa shape index (κ3) is 6.42. The van der Waals surface area contributed by atoms with Crippen molar-refractivity contribution in [2.45, 2.75) is 53.9 Å². The van der Waals surface area contributed by atoms with E-state index in [1.54, 1.807) is 0 Å². The Morgan fingerprint density at radius 2 is 1.71 bits per heavy atom. The fourth-order valence-electron chi connectivity index (χ4n) is 1.68. The lowest BCUT2D eigenvalue weighted by Crippen LogP contribution is -2.25. The van der Waals surface area contributed by atoms with Gasteiger partial charge in [0.05, 0.1) is 0 Å². The van der Waals surface area contributed by atoms with Crippen LogP contribution in [0, 0.1) is 17.8 Å². The van der Waals surface area contributed by atoms with Gasteiger partial charge in [-0.15, -0.1) is 0 Å². The van der Waals surface area contributed by atoms with E-state index < -0.39 is 0 Å². The van der Waals surface area contributed by atoms with E-state index in [0.717, 1.165) is 17.8 Å². The van der Waals surface area contributed by atoms with Crippen LogP contribution in [0.5, 0.6) is 0 Å². The van der Waals surface area contributed by atoms with E-state index in [1.807, 2.05) is 0 Å². The molecule has 0 radical (unpaired) electrons. The molecule has 1 heteroatoms. The smallest absolute Gasteiger partial charge is 0.00205 e. The van der Waals surface area contributed by atoms with Gasteiger partial charge < -0.3 is 5.32 Å². The van der Waals surface area contributed by atoms with Crippen molar-refractivity contribution in [3.63, 3.8) is 0 Å². The first-order valence-corrected chi connectivity index (χ1v) is 6.32. The van der Waals surface area contributed by atoms with Crippen molar-refractivity contribution < 1.29 is 0 Å². The second-order valence-corrected chi connectivity index (χ2v) is 4.94. The molecule has 0 rings (SSSR count). The molecule has 1 N–H and O–H groups in total. The molecule has 0 saturated carbocycles. The topological polar surface area (TPSA) is 12.0 Å². The molecule has 0 heterocycles. The average Bonchev–Trinajstić information content (AvgIpc) is 2.16. The number of hydrogen-bond acceptors (Lipinski definition) is 1. The summed E-state index contributed by atoms with van der Waals surface area (Å²) in [6, 6.07) is 0. The lowest BCUT2D eigenvalue weighted by molar-refractivity contribution is 0.304. The van der Waals surface area contributed by atoms with Gasteiger partial charge in [-0.3, -0.25) is 0 Å². The molecule has 0 aromatic rings. The molecule has 1 nitrogen and oxygen atoms in total. The van der Waals surface area contributed by atoms with E-state index in [9.17, 15) is 0 Å². The van der Waals surface area contributed by atoms with Crippen molar-refractivity contribution >= 4 is 0 Å². The highest BCUT2D eigenvalue weighted by molar-refractivity contribution is 4.66. The summed E-state index contributed by atoms with van der Waals surface area (Å²) < 4.78 is 0. The molecule has 0 aliphatic carbocycles. The fraction of sp³-hybridized carbons (Fsp3) is 1.00. The molecular formula is C13H29N. The van der Waals surface area contributed by atoms with Gasteiger partial charge >= 0.3 is 0 Å². The molecule has 86 valence electrons. The molecule has 0 saturated heterocycles. The maximum atomic E-state index is 3.53. The molecule has 0 aliphatic rings. The minimum Gasteiger partial charge on any atom is -0.316 e. The van der Waals surface area contributed by atoms with Crippen molar-refractivity contribution in [2.75, 3.05) is 13.1 Å². The van der Waals surface area contributed by atoms with E-state index >= 15 is 0 Å².